The van der Waals surface area contributed by atoms with Gasteiger partial charge < -0.3 is 15.7 Å². The van der Waals surface area contributed by atoms with E-state index >= 15 is 0 Å². The van der Waals surface area contributed by atoms with Crippen LogP contribution in [0, 0.1) is 0 Å². The number of amides is 1. The summed E-state index contributed by atoms with van der Waals surface area (Å²) in [5, 5.41) is 14.0. The quantitative estimate of drug-likeness (QED) is 0.737. The number of aromatic carboxylic acids is 1. The molecule has 0 aliphatic heterocycles. The van der Waals surface area contributed by atoms with Crippen LogP contribution in [0.15, 0.2) is 24.3 Å². The summed E-state index contributed by atoms with van der Waals surface area (Å²) in [6.45, 7) is 0.147. The molecule has 0 radical (unpaired) electrons. The molecular formula is C10H13ClN2O3. The first-order valence-corrected chi connectivity index (χ1v) is 4.42. The van der Waals surface area contributed by atoms with Gasteiger partial charge in [-0.3, -0.25) is 4.79 Å². The van der Waals surface area contributed by atoms with Crippen molar-refractivity contribution < 1.29 is 14.7 Å². The molecule has 3 N–H and O–H groups in total. The minimum Gasteiger partial charge on any atom is -0.478 e. The van der Waals surface area contributed by atoms with Crippen molar-refractivity contribution in [2.24, 2.45) is 0 Å². The minimum atomic E-state index is -1.06. The number of rotatable bonds is 4. The molecule has 0 atom stereocenters. The summed E-state index contributed by atoms with van der Waals surface area (Å²) in [5.74, 6) is -1.33. The van der Waals surface area contributed by atoms with Gasteiger partial charge in [0.15, 0.2) is 0 Å². The van der Waals surface area contributed by atoms with Crippen LogP contribution in [0.2, 0.25) is 0 Å². The van der Waals surface area contributed by atoms with Crippen molar-refractivity contribution in [1.82, 2.24) is 5.32 Å². The van der Waals surface area contributed by atoms with E-state index in [2.05, 4.69) is 10.6 Å². The Hall–Kier alpha value is -1.59. The first-order chi connectivity index (χ1) is 7.15. The Kier molecular flexibility index (Phi) is 6.14. The van der Waals surface area contributed by atoms with Crippen LogP contribution in [0.5, 0.6) is 0 Å². The lowest BCUT2D eigenvalue weighted by Gasteiger charge is -2.07. The van der Waals surface area contributed by atoms with Gasteiger partial charge in [-0.2, -0.15) is 0 Å². The molecule has 1 aromatic carbocycles. The number of anilines is 1. The van der Waals surface area contributed by atoms with E-state index in [1.165, 1.54) is 6.07 Å². The van der Waals surface area contributed by atoms with E-state index in [4.69, 9.17) is 5.11 Å². The molecule has 0 aliphatic carbocycles. The van der Waals surface area contributed by atoms with Crippen molar-refractivity contribution in [2.75, 3.05) is 18.9 Å². The lowest BCUT2D eigenvalue weighted by molar-refractivity contribution is -0.115. The van der Waals surface area contributed by atoms with Gasteiger partial charge in [-0.15, -0.1) is 12.4 Å². The van der Waals surface area contributed by atoms with Crippen molar-refractivity contribution in [1.29, 1.82) is 0 Å². The van der Waals surface area contributed by atoms with Crippen molar-refractivity contribution >= 4 is 30.0 Å². The number of para-hydroxylation sites is 1. The third-order valence-corrected chi connectivity index (χ3v) is 1.77. The number of carboxylic acid groups (broad SMARTS) is 1. The summed E-state index contributed by atoms with van der Waals surface area (Å²) in [6, 6.07) is 6.27. The summed E-state index contributed by atoms with van der Waals surface area (Å²) < 4.78 is 0. The molecule has 88 valence electrons. The van der Waals surface area contributed by atoms with E-state index in [1.54, 1.807) is 25.2 Å². The van der Waals surface area contributed by atoms with E-state index in [-0.39, 0.29) is 30.4 Å². The number of carboxylic acids is 1. The van der Waals surface area contributed by atoms with Gasteiger partial charge in [-0.25, -0.2) is 4.79 Å². The van der Waals surface area contributed by atoms with Gasteiger partial charge >= 0.3 is 5.97 Å². The third kappa shape index (κ3) is 3.88. The van der Waals surface area contributed by atoms with Crippen LogP contribution in [0.1, 0.15) is 10.4 Å². The van der Waals surface area contributed by atoms with E-state index < -0.39 is 5.97 Å². The van der Waals surface area contributed by atoms with E-state index in [1.807, 2.05) is 0 Å². The molecule has 0 saturated heterocycles. The molecule has 0 heterocycles. The Labute approximate surface area is 99.3 Å². The number of hydrogen-bond acceptors (Lipinski definition) is 3. The molecular weight excluding hydrogens is 232 g/mol. The number of halogens is 1. The van der Waals surface area contributed by atoms with Crippen LogP contribution in [-0.2, 0) is 4.79 Å². The number of hydrogen-bond donors (Lipinski definition) is 3. The molecule has 0 aromatic heterocycles. The van der Waals surface area contributed by atoms with Gasteiger partial charge in [0.2, 0.25) is 5.91 Å². The van der Waals surface area contributed by atoms with Crippen LogP contribution in [-0.4, -0.2) is 30.6 Å². The predicted molar refractivity (Wildman–Crippen MR) is 63.2 cm³/mol. The van der Waals surface area contributed by atoms with Gasteiger partial charge in [-0.05, 0) is 19.2 Å². The molecule has 0 aliphatic rings. The Balaban J connectivity index is 0.00000225. The first kappa shape index (κ1) is 14.4. The van der Waals surface area contributed by atoms with Gasteiger partial charge in [-0.1, -0.05) is 12.1 Å². The number of carbonyl (C=O) groups excluding carboxylic acids is 1. The highest BCUT2D eigenvalue weighted by Crippen LogP contribution is 2.14. The summed E-state index contributed by atoms with van der Waals surface area (Å²) in [7, 11) is 1.64. The van der Waals surface area contributed by atoms with Crippen molar-refractivity contribution in [2.45, 2.75) is 0 Å². The molecule has 6 heteroatoms. The zero-order chi connectivity index (χ0) is 11.3. The number of nitrogens with one attached hydrogen (secondary N) is 2. The van der Waals surface area contributed by atoms with E-state index in [0.29, 0.717) is 5.69 Å². The van der Waals surface area contributed by atoms with Crippen molar-refractivity contribution in [3.8, 4) is 0 Å². The lowest BCUT2D eigenvalue weighted by Crippen LogP contribution is -2.25. The maximum Gasteiger partial charge on any atom is 0.337 e. The lowest BCUT2D eigenvalue weighted by atomic mass is 10.2. The summed E-state index contributed by atoms with van der Waals surface area (Å²) in [6.07, 6.45) is 0. The molecule has 16 heavy (non-hydrogen) atoms. The molecule has 0 saturated carbocycles. The molecule has 0 bridgehead atoms. The van der Waals surface area contributed by atoms with Crippen LogP contribution >= 0.6 is 12.4 Å². The molecule has 1 rings (SSSR count). The molecule has 1 amide bonds. The second-order valence-corrected chi connectivity index (χ2v) is 2.93. The average Bonchev–Trinajstić information content (AvgIpc) is 2.18. The third-order valence-electron chi connectivity index (χ3n) is 1.77. The smallest absolute Gasteiger partial charge is 0.337 e. The Morgan fingerprint density at radius 2 is 1.94 bits per heavy atom. The summed E-state index contributed by atoms with van der Waals surface area (Å²) >= 11 is 0. The Bertz CT molecular complexity index is 382. The van der Waals surface area contributed by atoms with E-state index in [9.17, 15) is 9.59 Å². The van der Waals surface area contributed by atoms with Gasteiger partial charge in [0, 0.05) is 0 Å². The van der Waals surface area contributed by atoms with Crippen LogP contribution in [0.25, 0.3) is 0 Å². The fourth-order valence-electron chi connectivity index (χ4n) is 1.13. The standard InChI is InChI=1S/C10H12N2O3.ClH/c1-11-6-9(13)12-8-5-3-2-4-7(8)10(14)15;/h2-5,11H,6H2,1H3,(H,12,13)(H,14,15);1H. The average molecular weight is 245 g/mol. The first-order valence-electron chi connectivity index (χ1n) is 4.42. The monoisotopic (exact) mass is 244 g/mol. The molecule has 0 unspecified atom stereocenters. The zero-order valence-corrected chi connectivity index (χ0v) is 9.50. The number of likely N-dealkylation sites (N-methyl/N-ethyl adjacent to an activating group) is 1. The highest BCUT2D eigenvalue weighted by atomic mass is 35.5. The highest BCUT2D eigenvalue weighted by molar-refractivity contribution is 6.00. The van der Waals surface area contributed by atoms with Gasteiger partial charge in [0.05, 0.1) is 17.8 Å². The molecule has 1 aromatic rings. The van der Waals surface area contributed by atoms with Crippen LogP contribution in [0.3, 0.4) is 0 Å². The number of benzene rings is 1. The summed E-state index contributed by atoms with van der Waals surface area (Å²) in [5.41, 5.74) is 0.396. The second-order valence-electron chi connectivity index (χ2n) is 2.93. The van der Waals surface area contributed by atoms with Crippen LogP contribution in [0.4, 0.5) is 5.69 Å². The van der Waals surface area contributed by atoms with Crippen LogP contribution < -0.4 is 10.6 Å². The van der Waals surface area contributed by atoms with E-state index in [0.717, 1.165) is 0 Å². The maximum atomic E-state index is 11.2. The minimum absolute atomic E-state index is 0. The fraction of sp³-hybridized carbons (Fsp3) is 0.200. The van der Waals surface area contributed by atoms with Crippen molar-refractivity contribution in [3.05, 3.63) is 29.8 Å². The Morgan fingerprint density at radius 1 is 1.31 bits per heavy atom. The SMILES string of the molecule is CNCC(=O)Nc1ccccc1C(=O)O.Cl. The molecule has 5 nitrogen and oxygen atoms in total. The predicted octanol–water partition coefficient (Wildman–Crippen LogP) is 0.964. The van der Waals surface area contributed by atoms with Gasteiger partial charge in [0.1, 0.15) is 0 Å². The molecule has 0 spiro atoms. The maximum absolute atomic E-state index is 11.2. The zero-order valence-electron chi connectivity index (χ0n) is 8.69. The second kappa shape index (κ2) is 6.81. The normalized spacial score (nSPS) is 9.06. The number of carbonyl (C=O) groups is 2. The Morgan fingerprint density at radius 3 is 2.50 bits per heavy atom. The topological polar surface area (TPSA) is 78.4 Å². The molecule has 0 fully saturated rings. The fourth-order valence-corrected chi connectivity index (χ4v) is 1.13. The largest absolute Gasteiger partial charge is 0.478 e. The van der Waals surface area contributed by atoms with Gasteiger partial charge in [0.25, 0.3) is 0 Å². The van der Waals surface area contributed by atoms with Crippen molar-refractivity contribution in [3.63, 3.8) is 0 Å². The summed E-state index contributed by atoms with van der Waals surface area (Å²) in [4.78, 5) is 22.0. The highest BCUT2D eigenvalue weighted by Gasteiger charge is 2.10.